The third kappa shape index (κ3) is 4.65. The molecule has 3 heterocycles. The molecular formula is C23H26FN5O2. The molecule has 0 spiro atoms. The van der Waals surface area contributed by atoms with Crippen molar-refractivity contribution in [2.45, 2.75) is 46.2 Å². The van der Waals surface area contributed by atoms with E-state index in [1.54, 1.807) is 6.20 Å². The second kappa shape index (κ2) is 9.36. The number of benzene rings is 1. The van der Waals surface area contributed by atoms with Crippen LogP contribution in [-0.2, 0) is 17.9 Å². The third-order valence-corrected chi connectivity index (χ3v) is 5.16. The summed E-state index contributed by atoms with van der Waals surface area (Å²) in [6.07, 6.45) is 4.27. The van der Waals surface area contributed by atoms with E-state index in [9.17, 15) is 9.50 Å². The third-order valence-electron chi connectivity index (χ3n) is 5.16. The topological polar surface area (TPSA) is 84.6 Å². The first-order valence-corrected chi connectivity index (χ1v) is 10.4. The number of halogens is 1. The van der Waals surface area contributed by atoms with E-state index in [1.165, 1.54) is 12.3 Å². The summed E-state index contributed by atoms with van der Waals surface area (Å²) in [5.74, 6) is 0.954. The SMILES string of the molecule is CCCCOC1N=C(C)c2nc(-c3cncc(F)c3)n(Cc3ccc(CO)cc3)c2N1. The number of anilines is 1. The second-order valence-electron chi connectivity index (χ2n) is 7.52. The normalized spacial score (nSPS) is 15.4. The molecule has 0 amide bonds. The maximum Gasteiger partial charge on any atom is 0.226 e. The Bertz CT molecular complexity index is 1080. The van der Waals surface area contributed by atoms with Crippen molar-refractivity contribution in [3.63, 3.8) is 0 Å². The van der Waals surface area contributed by atoms with Gasteiger partial charge in [0.1, 0.15) is 23.2 Å². The van der Waals surface area contributed by atoms with E-state index in [-0.39, 0.29) is 6.61 Å². The number of rotatable bonds is 8. The van der Waals surface area contributed by atoms with Gasteiger partial charge in [-0.2, -0.15) is 0 Å². The Morgan fingerprint density at radius 1 is 1.19 bits per heavy atom. The molecule has 4 rings (SSSR count). The lowest BCUT2D eigenvalue weighted by Crippen LogP contribution is -2.29. The largest absolute Gasteiger partial charge is 0.392 e. The first-order chi connectivity index (χ1) is 15.1. The van der Waals surface area contributed by atoms with E-state index in [0.717, 1.165) is 35.5 Å². The molecule has 0 aliphatic carbocycles. The summed E-state index contributed by atoms with van der Waals surface area (Å²) in [6.45, 7) is 5.12. The lowest BCUT2D eigenvalue weighted by molar-refractivity contribution is 0.0750. The minimum absolute atomic E-state index is 0.00500. The van der Waals surface area contributed by atoms with Crippen molar-refractivity contribution in [2.24, 2.45) is 4.99 Å². The average Bonchev–Trinajstić information content (AvgIpc) is 3.13. The Morgan fingerprint density at radius 3 is 2.68 bits per heavy atom. The summed E-state index contributed by atoms with van der Waals surface area (Å²) in [7, 11) is 0. The molecule has 2 N–H and O–H groups in total. The van der Waals surface area contributed by atoms with Gasteiger partial charge in [-0.25, -0.2) is 14.4 Å². The summed E-state index contributed by atoms with van der Waals surface area (Å²) in [5, 5.41) is 12.7. The van der Waals surface area contributed by atoms with Gasteiger partial charge in [0.05, 0.1) is 31.7 Å². The number of hydrogen-bond acceptors (Lipinski definition) is 6. The van der Waals surface area contributed by atoms with Crippen LogP contribution in [0.15, 0.2) is 47.7 Å². The molecule has 1 aromatic carbocycles. The van der Waals surface area contributed by atoms with E-state index < -0.39 is 12.2 Å². The van der Waals surface area contributed by atoms with Crippen LogP contribution in [-0.4, -0.2) is 38.3 Å². The number of unbranched alkanes of at least 4 members (excludes halogenated alkanes) is 1. The fourth-order valence-electron chi connectivity index (χ4n) is 3.50. The number of aromatic nitrogens is 3. The fourth-order valence-corrected chi connectivity index (χ4v) is 3.50. The minimum Gasteiger partial charge on any atom is -0.392 e. The number of aliphatic hydroxyl groups is 1. The van der Waals surface area contributed by atoms with Gasteiger partial charge < -0.3 is 19.7 Å². The number of imidazole rings is 1. The number of fused-ring (bicyclic) bond motifs is 1. The van der Waals surface area contributed by atoms with Crippen LogP contribution >= 0.6 is 0 Å². The van der Waals surface area contributed by atoms with Crippen LogP contribution in [0.2, 0.25) is 0 Å². The molecule has 3 aromatic rings. The van der Waals surface area contributed by atoms with Crippen molar-refractivity contribution >= 4 is 11.5 Å². The number of nitrogens with zero attached hydrogens (tertiary/aromatic N) is 4. The first kappa shape index (κ1) is 21.1. The van der Waals surface area contributed by atoms with Crippen LogP contribution in [0, 0.1) is 5.82 Å². The van der Waals surface area contributed by atoms with Crippen molar-refractivity contribution in [1.82, 2.24) is 14.5 Å². The molecule has 2 aromatic heterocycles. The zero-order chi connectivity index (χ0) is 21.8. The standard InChI is InChI=1S/C23H26FN5O2/c1-3-4-9-31-23-26-15(2)20-22(28-23)29(13-16-5-7-17(14-30)8-6-16)21(27-20)18-10-19(24)12-25-11-18/h5-8,10-12,23,28,30H,3-4,9,13-14H2,1-2H3. The maximum atomic E-state index is 13.9. The Kier molecular flexibility index (Phi) is 6.39. The van der Waals surface area contributed by atoms with Gasteiger partial charge in [0.2, 0.25) is 6.35 Å². The summed E-state index contributed by atoms with van der Waals surface area (Å²) < 4.78 is 21.8. The number of hydrogen-bond donors (Lipinski definition) is 2. The van der Waals surface area contributed by atoms with Crippen LogP contribution in [0.5, 0.6) is 0 Å². The smallest absolute Gasteiger partial charge is 0.226 e. The van der Waals surface area contributed by atoms with E-state index in [1.807, 2.05) is 35.8 Å². The van der Waals surface area contributed by atoms with Crippen molar-refractivity contribution in [2.75, 3.05) is 11.9 Å². The highest BCUT2D eigenvalue weighted by molar-refractivity contribution is 6.03. The van der Waals surface area contributed by atoms with Crippen molar-refractivity contribution < 1.29 is 14.2 Å². The molecular weight excluding hydrogens is 397 g/mol. The molecule has 0 saturated carbocycles. The molecule has 1 atom stereocenters. The zero-order valence-corrected chi connectivity index (χ0v) is 17.7. The molecule has 0 bridgehead atoms. The van der Waals surface area contributed by atoms with Gasteiger partial charge in [0, 0.05) is 11.8 Å². The van der Waals surface area contributed by atoms with Crippen LogP contribution in [0.3, 0.4) is 0 Å². The summed E-state index contributed by atoms with van der Waals surface area (Å²) in [5.41, 5.74) is 3.92. The van der Waals surface area contributed by atoms with Crippen molar-refractivity contribution in [1.29, 1.82) is 0 Å². The van der Waals surface area contributed by atoms with Crippen LogP contribution in [0.25, 0.3) is 11.4 Å². The molecule has 7 nitrogen and oxygen atoms in total. The lowest BCUT2D eigenvalue weighted by Gasteiger charge is -2.23. The van der Waals surface area contributed by atoms with Gasteiger partial charge in [-0.1, -0.05) is 37.6 Å². The number of pyridine rings is 1. The Balaban J connectivity index is 1.74. The van der Waals surface area contributed by atoms with Crippen molar-refractivity contribution in [3.8, 4) is 11.4 Å². The Hall–Kier alpha value is -3.10. The van der Waals surface area contributed by atoms with Gasteiger partial charge in [0.15, 0.2) is 0 Å². The summed E-state index contributed by atoms with van der Waals surface area (Å²) in [6, 6.07) is 9.13. The molecule has 162 valence electrons. The number of ether oxygens (including phenoxy) is 1. The molecule has 1 aliphatic heterocycles. The summed E-state index contributed by atoms with van der Waals surface area (Å²) in [4.78, 5) is 13.3. The second-order valence-corrected chi connectivity index (χ2v) is 7.52. The lowest BCUT2D eigenvalue weighted by atomic mass is 10.1. The van der Waals surface area contributed by atoms with Gasteiger partial charge in [-0.3, -0.25) is 4.98 Å². The summed E-state index contributed by atoms with van der Waals surface area (Å²) >= 11 is 0. The number of aliphatic hydroxyl groups excluding tert-OH is 1. The molecule has 0 saturated heterocycles. The Labute approximate surface area is 180 Å². The highest BCUT2D eigenvalue weighted by atomic mass is 19.1. The molecule has 0 fully saturated rings. The van der Waals surface area contributed by atoms with E-state index in [4.69, 9.17) is 9.72 Å². The van der Waals surface area contributed by atoms with Gasteiger partial charge >= 0.3 is 0 Å². The predicted octanol–water partition coefficient (Wildman–Crippen LogP) is 3.96. The van der Waals surface area contributed by atoms with E-state index in [2.05, 4.69) is 22.2 Å². The van der Waals surface area contributed by atoms with Gasteiger partial charge in [-0.05, 0) is 30.5 Å². The van der Waals surface area contributed by atoms with E-state index >= 15 is 0 Å². The minimum atomic E-state index is -0.496. The van der Waals surface area contributed by atoms with Gasteiger partial charge in [0.25, 0.3) is 0 Å². The maximum absolute atomic E-state index is 13.9. The zero-order valence-electron chi connectivity index (χ0n) is 17.7. The van der Waals surface area contributed by atoms with Crippen LogP contribution in [0.4, 0.5) is 10.2 Å². The van der Waals surface area contributed by atoms with Crippen molar-refractivity contribution in [3.05, 3.63) is 65.4 Å². The molecule has 1 aliphatic rings. The number of nitrogens with one attached hydrogen (secondary N) is 1. The predicted molar refractivity (Wildman–Crippen MR) is 117 cm³/mol. The first-order valence-electron chi connectivity index (χ1n) is 10.4. The molecule has 8 heteroatoms. The molecule has 0 radical (unpaired) electrons. The fraction of sp³-hybridized carbons (Fsp3) is 0.348. The highest BCUT2D eigenvalue weighted by Gasteiger charge is 2.27. The monoisotopic (exact) mass is 423 g/mol. The average molecular weight is 423 g/mol. The van der Waals surface area contributed by atoms with Crippen LogP contribution in [0.1, 0.15) is 43.5 Å². The molecule has 31 heavy (non-hydrogen) atoms. The highest BCUT2D eigenvalue weighted by Crippen LogP contribution is 2.31. The Morgan fingerprint density at radius 2 is 1.97 bits per heavy atom. The molecule has 1 unspecified atom stereocenters. The van der Waals surface area contributed by atoms with E-state index in [0.29, 0.717) is 30.2 Å². The van der Waals surface area contributed by atoms with Crippen LogP contribution < -0.4 is 5.32 Å². The number of aliphatic imine (C=N–C) groups is 1. The van der Waals surface area contributed by atoms with Gasteiger partial charge in [-0.15, -0.1) is 0 Å². The quantitative estimate of drug-likeness (QED) is 0.536.